The minimum atomic E-state index is -0.798. The van der Waals surface area contributed by atoms with Crippen molar-refractivity contribution >= 4 is 5.91 Å². The molecule has 0 saturated carbocycles. The Morgan fingerprint density at radius 3 is 2.10 bits per heavy atom. The van der Waals surface area contributed by atoms with Crippen molar-refractivity contribution in [3.63, 3.8) is 0 Å². The van der Waals surface area contributed by atoms with Gasteiger partial charge in [0.25, 0.3) is 5.91 Å². The van der Waals surface area contributed by atoms with Crippen LogP contribution in [0.1, 0.15) is 15.9 Å². The van der Waals surface area contributed by atoms with Gasteiger partial charge in [0.05, 0.1) is 0 Å². The van der Waals surface area contributed by atoms with Gasteiger partial charge in [-0.15, -0.1) is 0 Å². The maximum Gasteiger partial charge on any atom is 0.251 e. The standard InChI is InChI=1S/C15H12F3NO/c16-12-3-1-10(2-4-12)5-6-19-15(20)11-7-13(17)9-14(18)8-11/h1-4,7-9H,5-6H2,(H,19,20). The van der Waals surface area contributed by atoms with Gasteiger partial charge < -0.3 is 5.32 Å². The molecule has 0 aliphatic heterocycles. The molecular formula is C15H12F3NO. The van der Waals surface area contributed by atoms with Gasteiger partial charge in [-0.05, 0) is 36.2 Å². The summed E-state index contributed by atoms with van der Waals surface area (Å²) >= 11 is 0. The number of nitrogens with one attached hydrogen (secondary N) is 1. The zero-order chi connectivity index (χ0) is 14.5. The SMILES string of the molecule is O=C(NCCc1ccc(F)cc1)c1cc(F)cc(F)c1. The Morgan fingerprint density at radius 2 is 1.50 bits per heavy atom. The molecule has 104 valence electrons. The van der Waals surface area contributed by atoms with E-state index in [1.807, 2.05) is 0 Å². The van der Waals surface area contributed by atoms with Crippen molar-refractivity contribution in [1.29, 1.82) is 0 Å². The second-order valence-electron chi connectivity index (χ2n) is 4.29. The zero-order valence-electron chi connectivity index (χ0n) is 10.5. The Kier molecular flexibility index (Phi) is 4.40. The largest absolute Gasteiger partial charge is 0.352 e. The molecule has 0 atom stereocenters. The van der Waals surface area contributed by atoms with Crippen LogP contribution < -0.4 is 5.32 Å². The van der Waals surface area contributed by atoms with Crippen LogP contribution >= 0.6 is 0 Å². The molecule has 0 aliphatic rings. The molecule has 0 radical (unpaired) electrons. The molecule has 5 heteroatoms. The molecule has 0 aromatic heterocycles. The average Bonchev–Trinajstić information content (AvgIpc) is 2.40. The summed E-state index contributed by atoms with van der Waals surface area (Å²) in [4.78, 5) is 11.7. The Balaban J connectivity index is 1.90. The average molecular weight is 279 g/mol. The number of halogens is 3. The number of benzene rings is 2. The van der Waals surface area contributed by atoms with Crippen molar-refractivity contribution in [3.8, 4) is 0 Å². The summed E-state index contributed by atoms with van der Waals surface area (Å²) in [5.74, 6) is -2.47. The van der Waals surface area contributed by atoms with Gasteiger partial charge in [-0.2, -0.15) is 0 Å². The molecule has 1 amide bonds. The molecule has 2 aromatic carbocycles. The van der Waals surface area contributed by atoms with Gasteiger partial charge >= 0.3 is 0 Å². The molecule has 2 nitrogen and oxygen atoms in total. The molecule has 0 bridgehead atoms. The minimum absolute atomic E-state index is 0.0680. The quantitative estimate of drug-likeness (QED) is 0.915. The molecule has 0 aliphatic carbocycles. The van der Waals surface area contributed by atoms with E-state index in [4.69, 9.17) is 0 Å². The predicted octanol–water partition coefficient (Wildman–Crippen LogP) is 3.08. The Labute approximate surface area is 114 Å². The summed E-state index contributed by atoms with van der Waals surface area (Å²) in [7, 11) is 0. The number of carbonyl (C=O) groups excluding carboxylic acids is 1. The number of hydrogen-bond donors (Lipinski definition) is 1. The number of rotatable bonds is 4. The third kappa shape index (κ3) is 3.85. The van der Waals surface area contributed by atoms with E-state index in [1.165, 1.54) is 12.1 Å². The van der Waals surface area contributed by atoms with Gasteiger partial charge in [0.2, 0.25) is 0 Å². The fourth-order valence-electron chi connectivity index (χ4n) is 1.76. The summed E-state index contributed by atoms with van der Waals surface area (Å²) in [5, 5.41) is 2.55. The van der Waals surface area contributed by atoms with Crippen molar-refractivity contribution in [2.75, 3.05) is 6.54 Å². The highest BCUT2D eigenvalue weighted by Crippen LogP contribution is 2.08. The van der Waals surface area contributed by atoms with Crippen LogP contribution in [0.15, 0.2) is 42.5 Å². The fraction of sp³-hybridized carbons (Fsp3) is 0.133. The number of carbonyl (C=O) groups is 1. The second-order valence-corrected chi connectivity index (χ2v) is 4.29. The first-order valence-electron chi connectivity index (χ1n) is 6.03. The highest BCUT2D eigenvalue weighted by molar-refractivity contribution is 5.94. The summed E-state index contributed by atoms with van der Waals surface area (Å²) in [5.41, 5.74) is 0.790. The summed E-state index contributed by atoms with van der Waals surface area (Å²) < 4.78 is 38.6. The van der Waals surface area contributed by atoms with Crippen LogP contribution in [0.2, 0.25) is 0 Å². The van der Waals surface area contributed by atoms with Crippen molar-refractivity contribution in [2.24, 2.45) is 0 Å². The molecule has 0 unspecified atom stereocenters. The lowest BCUT2D eigenvalue weighted by atomic mass is 10.1. The topological polar surface area (TPSA) is 29.1 Å². The van der Waals surface area contributed by atoms with Crippen molar-refractivity contribution in [3.05, 3.63) is 71.0 Å². The molecule has 0 saturated heterocycles. The molecule has 0 fully saturated rings. The van der Waals surface area contributed by atoms with Gasteiger partial charge in [-0.1, -0.05) is 12.1 Å². The van der Waals surface area contributed by atoms with E-state index in [-0.39, 0.29) is 11.4 Å². The molecule has 20 heavy (non-hydrogen) atoms. The maximum atomic E-state index is 13.0. The maximum absolute atomic E-state index is 13.0. The molecule has 2 aromatic rings. The van der Waals surface area contributed by atoms with Crippen LogP contribution in [-0.4, -0.2) is 12.5 Å². The molecule has 2 rings (SSSR count). The predicted molar refractivity (Wildman–Crippen MR) is 68.8 cm³/mol. The van der Waals surface area contributed by atoms with Crippen LogP contribution in [0.3, 0.4) is 0 Å². The monoisotopic (exact) mass is 279 g/mol. The third-order valence-electron chi connectivity index (χ3n) is 2.74. The minimum Gasteiger partial charge on any atom is -0.352 e. The zero-order valence-corrected chi connectivity index (χ0v) is 10.5. The Bertz CT molecular complexity index is 591. The Hall–Kier alpha value is -2.30. The van der Waals surface area contributed by atoms with Crippen molar-refractivity contribution in [1.82, 2.24) is 5.32 Å². The van der Waals surface area contributed by atoms with Gasteiger partial charge in [0, 0.05) is 18.2 Å². The van der Waals surface area contributed by atoms with Gasteiger partial charge in [0.15, 0.2) is 0 Å². The van der Waals surface area contributed by atoms with Crippen LogP contribution in [0.4, 0.5) is 13.2 Å². The molecule has 1 N–H and O–H groups in total. The molecule has 0 heterocycles. The normalized spacial score (nSPS) is 10.3. The highest BCUT2D eigenvalue weighted by atomic mass is 19.1. The lowest BCUT2D eigenvalue weighted by Gasteiger charge is -2.06. The van der Waals surface area contributed by atoms with Crippen LogP contribution in [-0.2, 0) is 6.42 Å². The lowest BCUT2D eigenvalue weighted by Crippen LogP contribution is -2.25. The second kappa shape index (κ2) is 6.23. The smallest absolute Gasteiger partial charge is 0.251 e. The Morgan fingerprint density at radius 1 is 0.900 bits per heavy atom. The van der Waals surface area contributed by atoms with Gasteiger partial charge in [-0.25, -0.2) is 13.2 Å². The van der Waals surface area contributed by atoms with E-state index in [0.717, 1.165) is 17.7 Å². The van der Waals surface area contributed by atoms with E-state index in [2.05, 4.69) is 5.32 Å². The summed E-state index contributed by atoms with van der Waals surface area (Å²) in [6, 6.07) is 8.53. The van der Waals surface area contributed by atoms with Crippen LogP contribution in [0.25, 0.3) is 0 Å². The van der Waals surface area contributed by atoms with E-state index < -0.39 is 17.5 Å². The number of hydrogen-bond acceptors (Lipinski definition) is 1. The first-order chi connectivity index (χ1) is 9.54. The lowest BCUT2D eigenvalue weighted by molar-refractivity contribution is 0.0953. The first-order valence-corrected chi connectivity index (χ1v) is 6.03. The summed E-state index contributed by atoms with van der Waals surface area (Å²) in [6.07, 6.45) is 0.504. The van der Waals surface area contributed by atoms with E-state index in [9.17, 15) is 18.0 Å². The fourth-order valence-corrected chi connectivity index (χ4v) is 1.76. The summed E-state index contributed by atoms with van der Waals surface area (Å²) in [6.45, 7) is 0.294. The van der Waals surface area contributed by atoms with Crippen LogP contribution in [0.5, 0.6) is 0 Å². The first kappa shape index (κ1) is 14.1. The highest BCUT2D eigenvalue weighted by Gasteiger charge is 2.08. The third-order valence-corrected chi connectivity index (χ3v) is 2.74. The number of amides is 1. The molecule has 0 spiro atoms. The van der Waals surface area contributed by atoms with E-state index in [1.54, 1.807) is 12.1 Å². The van der Waals surface area contributed by atoms with E-state index in [0.29, 0.717) is 19.0 Å². The molecular weight excluding hydrogens is 267 g/mol. The van der Waals surface area contributed by atoms with Gasteiger partial charge in [0.1, 0.15) is 17.5 Å². The van der Waals surface area contributed by atoms with E-state index >= 15 is 0 Å². The van der Waals surface area contributed by atoms with Crippen molar-refractivity contribution < 1.29 is 18.0 Å². The van der Waals surface area contributed by atoms with Crippen LogP contribution in [0, 0.1) is 17.5 Å². The van der Waals surface area contributed by atoms with Gasteiger partial charge in [-0.3, -0.25) is 4.79 Å². The van der Waals surface area contributed by atoms with Crippen molar-refractivity contribution in [2.45, 2.75) is 6.42 Å².